The summed E-state index contributed by atoms with van der Waals surface area (Å²) in [6.45, 7) is 4.85. The Balaban J connectivity index is 1.47. The van der Waals surface area contributed by atoms with E-state index in [2.05, 4.69) is 40.5 Å². The zero-order chi connectivity index (χ0) is 12.2. The van der Waals surface area contributed by atoms with Crippen molar-refractivity contribution in [3.05, 3.63) is 35.9 Å². The van der Waals surface area contributed by atoms with Crippen molar-refractivity contribution < 1.29 is 0 Å². The summed E-state index contributed by atoms with van der Waals surface area (Å²) in [5.41, 5.74) is 1.44. The molecule has 1 aliphatic heterocycles. The summed E-state index contributed by atoms with van der Waals surface area (Å²) in [6, 6.07) is 11.6. The summed E-state index contributed by atoms with van der Waals surface area (Å²) in [6.07, 6.45) is 5.61. The molecule has 0 unspecified atom stereocenters. The first kappa shape index (κ1) is 12.2. The number of rotatable bonds is 5. The third kappa shape index (κ3) is 3.56. The predicted octanol–water partition coefficient (Wildman–Crippen LogP) is 2.65. The molecule has 0 amide bonds. The largest absolute Gasteiger partial charge is 0.312 e. The third-order valence-corrected chi connectivity index (χ3v) is 4.15. The van der Waals surface area contributed by atoms with Crippen LogP contribution in [-0.2, 0) is 6.54 Å². The maximum atomic E-state index is 3.76. The predicted molar refractivity (Wildman–Crippen MR) is 75.5 cm³/mol. The van der Waals surface area contributed by atoms with E-state index in [1.165, 1.54) is 50.9 Å². The molecule has 98 valence electrons. The highest BCUT2D eigenvalue weighted by atomic mass is 15.2. The number of nitrogens with one attached hydrogen (secondary N) is 1. The lowest BCUT2D eigenvalue weighted by atomic mass is 10.0. The van der Waals surface area contributed by atoms with Gasteiger partial charge >= 0.3 is 0 Å². The molecule has 1 saturated carbocycles. The molecule has 1 aliphatic carbocycles. The molecule has 1 heterocycles. The highest BCUT2D eigenvalue weighted by Gasteiger charge is 2.24. The lowest BCUT2D eigenvalue weighted by Gasteiger charge is -2.33. The monoisotopic (exact) mass is 244 g/mol. The van der Waals surface area contributed by atoms with Crippen LogP contribution in [-0.4, -0.2) is 30.6 Å². The van der Waals surface area contributed by atoms with E-state index in [1.54, 1.807) is 0 Å². The van der Waals surface area contributed by atoms with E-state index in [0.29, 0.717) is 0 Å². The molecule has 1 aromatic carbocycles. The number of nitrogens with zero attached hydrogens (tertiary/aromatic N) is 1. The van der Waals surface area contributed by atoms with Crippen LogP contribution in [0.25, 0.3) is 0 Å². The van der Waals surface area contributed by atoms with Gasteiger partial charge in [0.1, 0.15) is 0 Å². The molecule has 2 aliphatic rings. The first-order chi connectivity index (χ1) is 8.90. The second-order valence-electron chi connectivity index (χ2n) is 5.91. The van der Waals surface area contributed by atoms with Gasteiger partial charge in [0.15, 0.2) is 0 Å². The van der Waals surface area contributed by atoms with Crippen molar-refractivity contribution in [3.8, 4) is 0 Å². The van der Waals surface area contributed by atoms with E-state index in [4.69, 9.17) is 0 Å². The summed E-state index contributed by atoms with van der Waals surface area (Å²) in [7, 11) is 0. The Labute approximate surface area is 110 Å². The highest BCUT2D eigenvalue weighted by molar-refractivity contribution is 5.14. The molecule has 2 fully saturated rings. The molecular formula is C16H24N2. The normalized spacial score (nSPS) is 25.2. The summed E-state index contributed by atoms with van der Waals surface area (Å²) < 4.78 is 0. The average Bonchev–Trinajstić information content (AvgIpc) is 3.22. The smallest absolute Gasteiger partial charge is 0.0234 e. The molecule has 1 N–H and O–H groups in total. The number of hydrogen-bond donors (Lipinski definition) is 1. The minimum Gasteiger partial charge on any atom is -0.312 e. The molecule has 18 heavy (non-hydrogen) atoms. The fraction of sp³-hybridized carbons (Fsp3) is 0.625. The van der Waals surface area contributed by atoms with Crippen LogP contribution in [0, 0.1) is 5.92 Å². The standard InChI is InChI=1S/C16H24N2/c1-2-5-15(6-3-1)12-18-10-4-7-16(13-18)17-11-14-8-9-14/h1-3,5-6,14,16-17H,4,7-13H2/t16-/m1/s1. The van der Waals surface area contributed by atoms with Crippen molar-refractivity contribution in [1.82, 2.24) is 10.2 Å². The van der Waals surface area contributed by atoms with Gasteiger partial charge in [-0.25, -0.2) is 0 Å². The number of piperidine rings is 1. The van der Waals surface area contributed by atoms with Gasteiger partial charge in [-0.15, -0.1) is 0 Å². The summed E-state index contributed by atoms with van der Waals surface area (Å²) >= 11 is 0. The van der Waals surface area contributed by atoms with Crippen LogP contribution in [0.4, 0.5) is 0 Å². The Morgan fingerprint density at radius 1 is 1.11 bits per heavy atom. The van der Waals surface area contributed by atoms with E-state index < -0.39 is 0 Å². The van der Waals surface area contributed by atoms with Gasteiger partial charge in [-0.05, 0) is 50.3 Å². The van der Waals surface area contributed by atoms with Crippen LogP contribution >= 0.6 is 0 Å². The number of hydrogen-bond acceptors (Lipinski definition) is 2. The van der Waals surface area contributed by atoms with Crippen LogP contribution in [0.5, 0.6) is 0 Å². The summed E-state index contributed by atoms with van der Waals surface area (Å²) in [5, 5.41) is 3.76. The van der Waals surface area contributed by atoms with Crippen molar-refractivity contribution >= 4 is 0 Å². The molecule has 2 heteroatoms. The first-order valence-electron chi connectivity index (χ1n) is 7.40. The minimum absolute atomic E-state index is 0.725. The van der Waals surface area contributed by atoms with Crippen LogP contribution in [0.1, 0.15) is 31.2 Å². The molecule has 2 nitrogen and oxygen atoms in total. The highest BCUT2D eigenvalue weighted by Crippen LogP contribution is 2.28. The SMILES string of the molecule is c1ccc(CN2CCC[C@@H](NCC3CC3)C2)cc1. The lowest BCUT2D eigenvalue weighted by molar-refractivity contribution is 0.183. The maximum Gasteiger partial charge on any atom is 0.0234 e. The van der Waals surface area contributed by atoms with Crippen molar-refractivity contribution in [3.63, 3.8) is 0 Å². The van der Waals surface area contributed by atoms with Gasteiger partial charge in [0.2, 0.25) is 0 Å². The molecule has 1 saturated heterocycles. The van der Waals surface area contributed by atoms with Gasteiger partial charge in [0.25, 0.3) is 0 Å². The molecule has 0 bridgehead atoms. The van der Waals surface area contributed by atoms with Crippen LogP contribution in [0.3, 0.4) is 0 Å². The fourth-order valence-corrected chi connectivity index (χ4v) is 2.86. The van der Waals surface area contributed by atoms with Crippen LogP contribution in [0.15, 0.2) is 30.3 Å². The van der Waals surface area contributed by atoms with Gasteiger partial charge in [-0.1, -0.05) is 30.3 Å². The molecular weight excluding hydrogens is 220 g/mol. The molecule has 1 atom stereocenters. The Hall–Kier alpha value is -0.860. The topological polar surface area (TPSA) is 15.3 Å². The zero-order valence-corrected chi connectivity index (χ0v) is 11.1. The van der Waals surface area contributed by atoms with E-state index in [1.807, 2.05) is 0 Å². The molecule has 3 rings (SSSR count). The molecule has 1 aromatic rings. The lowest BCUT2D eigenvalue weighted by Crippen LogP contribution is -2.45. The van der Waals surface area contributed by atoms with E-state index in [-0.39, 0.29) is 0 Å². The van der Waals surface area contributed by atoms with Crippen molar-refractivity contribution in [2.24, 2.45) is 5.92 Å². The van der Waals surface area contributed by atoms with Gasteiger partial charge in [0.05, 0.1) is 0 Å². The van der Waals surface area contributed by atoms with Gasteiger partial charge in [0, 0.05) is 19.1 Å². The van der Waals surface area contributed by atoms with E-state index in [9.17, 15) is 0 Å². The van der Waals surface area contributed by atoms with Gasteiger partial charge in [-0.2, -0.15) is 0 Å². The van der Waals surface area contributed by atoms with E-state index >= 15 is 0 Å². The van der Waals surface area contributed by atoms with Crippen LogP contribution < -0.4 is 5.32 Å². The number of likely N-dealkylation sites (tertiary alicyclic amines) is 1. The summed E-state index contributed by atoms with van der Waals surface area (Å²) in [5.74, 6) is 0.995. The Morgan fingerprint density at radius 2 is 1.94 bits per heavy atom. The Bertz CT molecular complexity index is 359. The quantitative estimate of drug-likeness (QED) is 0.856. The van der Waals surface area contributed by atoms with E-state index in [0.717, 1.165) is 18.5 Å². The third-order valence-electron chi connectivity index (χ3n) is 4.15. The van der Waals surface area contributed by atoms with Crippen molar-refractivity contribution in [2.75, 3.05) is 19.6 Å². The molecule has 0 aromatic heterocycles. The minimum atomic E-state index is 0.725. The second kappa shape index (κ2) is 5.85. The van der Waals surface area contributed by atoms with Gasteiger partial charge in [-0.3, -0.25) is 4.90 Å². The first-order valence-corrected chi connectivity index (χ1v) is 7.40. The van der Waals surface area contributed by atoms with Crippen molar-refractivity contribution in [2.45, 2.75) is 38.3 Å². The maximum absolute atomic E-state index is 3.76. The van der Waals surface area contributed by atoms with Crippen LogP contribution in [0.2, 0.25) is 0 Å². The average molecular weight is 244 g/mol. The van der Waals surface area contributed by atoms with Crippen molar-refractivity contribution in [1.29, 1.82) is 0 Å². The zero-order valence-electron chi connectivity index (χ0n) is 11.1. The Kier molecular flexibility index (Phi) is 3.96. The number of benzene rings is 1. The summed E-state index contributed by atoms with van der Waals surface area (Å²) in [4.78, 5) is 2.60. The molecule has 0 radical (unpaired) electrons. The molecule has 0 spiro atoms. The van der Waals surface area contributed by atoms with Gasteiger partial charge < -0.3 is 5.32 Å². The second-order valence-corrected chi connectivity index (χ2v) is 5.91. The fourth-order valence-electron chi connectivity index (χ4n) is 2.86. The Morgan fingerprint density at radius 3 is 2.72 bits per heavy atom.